The lowest BCUT2D eigenvalue weighted by Gasteiger charge is -2.24. The molecule has 23 heavy (non-hydrogen) atoms. The average molecular weight is 316 g/mol. The van der Waals surface area contributed by atoms with Gasteiger partial charge in [0, 0.05) is 6.54 Å². The number of rotatable bonds is 4. The summed E-state index contributed by atoms with van der Waals surface area (Å²) >= 11 is 0. The van der Waals surface area contributed by atoms with Crippen molar-refractivity contribution in [3.05, 3.63) is 47.0 Å². The minimum atomic E-state index is -0.454. The lowest BCUT2D eigenvalue weighted by Crippen LogP contribution is -2.27. The van der Waals surface area contributed by atoms with E-state index in [9.17, 15) is 9.50 Å². The normalized spacial score (nSPS) is 21.0. The largest absolute Gasteiger partial charge is 0.391 e. The Bertz CT molecular complexity index is 677. The summed E-state index contributed by atoms with van der Waals surface area (Å²) in [4.78, 5) is 6.60. The Balaban J connectivity index is 1.94. The van der Waals surface area contributed by atoms with Crippen LogP contribution in [0.5, 0.6) is 0 Å². The van der Waals surface area contributed by atoms with Crippen molar-refractivity contribution >= 4 is 5.95 Å². The van der Waals surface area contributed by atoms with E-state index in [1.807, 2.05) is 18.7 Å². The molecule has 2 unspecified atom stereocenters. The molecule has 2 atom stereocenters. The molecule has 1 aromatic carbocycles. The first-order valence-corrected chi connectivity index (χ1v) is 8.05. The molecule has 0 bridgehead atoms. The lowest BCUT2D eigenvalue weighted by molar-refractivity contribution is 0.194. The van der Waals surface area contributed by atoms with E-state index >= 15 is 0 Å². The number of hydrogen-bond donors (Lipinski definition) is 1. The van der Waals surface area contributed by atoms with Crippen molar-refractivity contribution < 1.29 is 9.50 Å². The highest BCUT2D eigenvalue weighted by Gasteiger charge is 2.34. The number of aryl methyl sites for hydroxylation is 2. The van der Waals surface area contributed by atoms with Crippen molar-refractivity contribution in [1.82, 2.24) is 15.2 Å². The van der Waals surface area contributed by atoms with Crippen molar-refractivity contribution in [3.8, 4) is 0 Å². The number of aliphatic hydroxyl groups excluding tert-OH is 1. The van der Waals surface area contributed by atoms with Crippen LogP contribution in [0.3, 0.4) is 0 Å². The minimum absolute atomic E-state index is 0.0652. The Hall–Kier alpha value is -2.08. The first-order chi connectivity index (χ1) is 11.1. The van der Waals surface area contributed by atoms with Gasteiger partial charge in [-0.3, -0.25) is 0 Å². The molecule has 1 fully saturated rings. The van der Waals surface area contributed by atoms with Crippen LogP contribution in [-0.2, 0) is 12.8 Å². The van der Waals surface area contributed by atoms with Crippen LogP contribution in [0.25, 0.3) is 0 Å². The lowest BCUT2D eigenvalue weighted by atomic mass is 10.0. The molecule has 1 aliphatic rings. The van der Waals surface area contributed by atoms with Gasteiger partial charge in [-0.2, -0.15) is 5.10 Å². The Morgan fingerprint density at radius 3 is 2.48 bits per heavy atom. The number of anilines is 1. The second kappa shape index (κ2) is 6.58. The van der Waals surface area contributed by atoms with E-state index in [0.717, 1.165) is 29.8 Å². The second-order valence-corrected chi connectivity index (χ2v) is 5.82. The molecular formula is C17H21FN4O. The number of aromatic nitrogens is 3. The van der Waals surface area contributed by atoms with Gasteiger partial charge in [0.1, 0.15) is 5.82 Å². The van der Waals surface area contributed by atoms with Gasteiger partial charge in [0.2, 0.25) is 5.95 Å². The van der Waals surface area contributed by atoms with E-state index in [1.54, 1.807) is 12.1 Å². The summed E-state index contributed by atoms with van der Waals surface area (Å²) in [5, 5.41) is 18.6. The summed E-state index contributed by atoms with van der Waals surface area (Å²) in [6.07, 6.45) is 1.72. The fraction of sp³-hybridized carbons (Fsp3) is 0.471. The summed E-state index contributed by atoms with van der Waals surface area (Å²) in [5.41, 5.74) is 2.80. The number of aliphatic hydroxyl groups is 1. The maximum atomic E-state index is 13.2. The number of benzene rings is 1. The molecule has 1 saturated heterocycles. The Kier molecular flexibility index (Phi) is 4.52. The fourth-order valence-corrected chi connectivity index (χ4v) is 3.09. The van der Waals surface area contributed by atoms with Crippen LogP contribution in [0.1, 0.15) is 43.3 Å². The van der Waals surface area contributed by atoms with Crippen LogP contribution in [0, 0.1) is 5.82 Å². The molecule has 2 heterocycles. The first kappa shape index (κ1) is 15.8. The van der Waals surface area contributed by atoms with Crippen molar-refractivity contribution in [2.75, 3.05) is 11.4 Å². The van der Waals surface area contributed by atoms with Crippen LogP contribution in [0.15, 0.2) is 24.3 Å². The van der Waals surface area contributed by atoms with E-state index in [2.05, 4.69) is 15.2 Å². The smallest absolute Gasteiger partial charge is 0.246 e. The molecule has 122 valence electrons. The molecule has 0 saturated carbocycles. The third-order valence-electron chi connectivity index (χ3n) is 4.29. The van der Waals surface area contributed by atoms with Gasteiger partial charge in [0.25, 0.3) is 0 Å². The number of halogens is 1. The molecule has 0 spiro atoms. The van der Waals surface area contributed by atoms with Crippen LogP contribution in [0.4, 0.5) is 10.3 Å². The van der Waals surface area contributed by atoms with E-state index < -0.39 is 6.10 Å². The molecule has 2 aromatic rings. The minimum Gasteiger partial charge on any atom is -0.391 e. The molecule has 1 aromatic heterocycles. The number of nitrogens with zero attached hydrogens (tertiary/aromatic N) is 4. The summed E-state index contributed by atoms with van der Waals surface area (Å²) in [5.74, 6) is 0.266. The Morgan fingerprint density at radius 2 is 1.83 bits per heavy atom. The van der Waals surface area contributed by atoms with E-state index in [0.29, 0.717) is 18.9 Å². The van der Waals surface area contributed by atoms with Gasteiger partial charge >= 0.3 is 0 Å². The zero-order valence-electron chi connectivity index (χ0n) is 13.4. The summed E-state index contributed by atoms with van der Waals surface area (Å²) in [6, 6.07) is 6.31. The molecule has 0 amide bonds. The SMILES string of the molecule is CCc1nnc(N2CC(O)CC2c2ccc(F)cc2)nc1CC. The molecular weight excluding hydrogens is 295 g/mol. The van der Waals surface area contributed by atoms with Gasteiger partial charge in [0.15, 0.2) is 0 Å². The predicted octanol–water partition coefficient (Wildman–Crippen LogP) is 2.45. The third-order valence-corrected chi connectivity index (χ3v) is 4.29. The fourth-order valence-electron chi connectivity index (χ4n) is 3.09. The van der Waals surface area contributed by atoms with Gasteiger partial charge in [-0.05, 0) is 37.0 Å². The van der Waals surface area contributed by atoms with E-state index in [1.165, 1.54) is 12.1 Å². The van der Waals surface area contributed by atoms with Gasteiger partial charge < -0.3 is 10.0 Å². The van der Waals surface area contributed by atoms with Crippen LogP contribution < -0.4 is 4.90 Å². The maximum Gasteiger partial charge on any atom is 0.246 e. The average Bonchev–Trinajstić information content (AvgIpc) is 2.96. The molecule has 5 nitrogen and oxygen atoms in total. The van der Waals surface area contributed by atoms with Gasteiger partial charge in [0.05, 0.1) is 23.5 Å². The zero-order valence-corrected chi connectivity index (χ0v) is 13.4. The third kappa shape index (κ3) is 3.17. The molecule has 0 aliphatic carbocycles. The molecule has 1 aliphatic heterocycles. The molecule has 6 heteroatoms. The van der Waals surface area contributed by atoms with Gasteiger partial charge in [-0.15, -0.1) is 5.10 Å². The topological polar surface area (TPSA) is 62.1 Å². The van der Waals surface area contributed by atoms with Crippen LogP contribution in [-0.4, -0.2) is 32.9 Å². The molecule has 3 rings (SSSR count). The van der Waals surface area contributed by atoms with Crippen molar-refractivity contribution in [2.24, 2.45) is 0 Å². The quantitative estimate of drug-likeness (QED) is 0.939. The van der Waals surface area contributed by atoms with Crippen molar-refractivity contribution in [3.63, 3.8) is 0 Å². The van der Waals surface area contributed by atoms with Gasteiger partial charge in [-0.1, -0.05) is 26.0 Å². The maximum absolute atomic E-state index is 13.2. The van der Waals surface area contributed by atoms with E-state index in [4.69, 9.17) is 0 Å². The highest BCUT2D eigenvalue weighted by molar-refractivity contribution is 5.39. The Morgan fingerprint density at radius 1 is 1.13 bits per heavy atom. The number of β-amino-alcohol motifs (C(OH)–C–C–N with tert-alkyl or cyclic N) is 1. The number of hydrogen-bond acceptors (Lipinski definition) is 5. The predicted molar refractivity (Wildman–Crippen MR) is 85.7 cm³/mol. The zero-order chi connectivity index (χ0) is 16.4. The highest BCUT2D eigenvalue weighted by atomic mass is 19.1. The Labute approximate surface area is 135 Å². The monoisotopic (exact) mass is 316 g/mol. The van der Waals surface area contributed by atoms with Crippen LogP contribution in [0.2, 0.25) is 0 Å². The first-order valence-electron chi connectivity index (χ1n) is 8.05. The van der Waals surface area contributed by atoms with Crippen molar-refractivity contribution in [2.45, 2.75) is 45.3 Å². The molecule has 0 radical (unpaired) electrons. The summed E-state index contributed by atoms with van der Waals surface area (Å²) in [6.45, 7) is 4.53. The second-order valence-electron chi connectivity index (χ2n) is 5.82. The van der Waals surface area contributed by atoms with E-state index in [-0.39, 0.29) is 11.9 Å². The molecule has 1 N–H and O–H groups in total. The highest BCUT2D eigenvalue weighted by Crippen LogP contribution is 2.34. The standard InChI is InChI=1S/C17H21FN4O/c1-3-14-15(4-2)20-21-17(19-14)22-10-13(23)9-16(22)11-5-7-12(18)8-6-11/h5-8,13,16,23H,3-4,9-10H2,1-2H3. The van der Waals surface area contributed by atoms with Crippen molar-refractivity contribution in [1.29, 1.82) is 0 Å². The van der Waals surface area contributed by atoms with Gasteiger partial charge in [-0.25, -0.2) is 9.37 Å². The summed E-state index contributed by atoms with van der Waals surface area (Å²) < 4.78 is 13.2. The van der Waals surface area contributed by atoms with Crippen LogP contribution >= 0.6 is 0 Å². The summed E-state index contributed by atoms with van der Waals surface area (Å²) in [7, 11) is 0.